The SMILES string of the molecule is COc1ccc(F)cc1[C@@H](CNC(=O)c1c(C)c(-c2ccccc2)nc2ccc(Br)cc12)CC(=O)O. The first-order valence-corrected chi connectivity index (χ1v) is 12.1. The number of nitrogens with one attached hydrogen (secondary N) is 1. The Balaban J connectivity index is 1.74. The molecule has 1 heterocycles. The van der Waals surface area contributed by atoms with Gasteiger partial charge in [0.25, 0.3) is 5.91 Å². The molecule has 0 unspecified atom stereocenters. The van der Waals surface area contributed by atoms with Crippen molar-refractivity contribution in [3.05, 3.63) is 93.7 Å². The summed E-state index contributed by atoms with van der Waals surface area (Å²) in [5.41, 5.74) is 3.74. The molecule has 0 fully saturated rings. The van der Waals surface area contributed by atoms with Crippen molar-refractivity contribution in [2.45, 2.75) is 19.3 Å². The van der Waals surface area contributed by atoms with E-state index in [1.54, 1.807) is 0 Å². The number of aromatic nitrogens is 1. The molecule has 0 aliphatic heterocycles. The summed E-state index contributed by atoms with van der Waals surface area (Å²) < 4.78 is 20.1. The van der Waals surface area contributed by atoms with Crippen LogP contribution in [-0.2, 0) is 4.79 Å². The third kappa shape index (κ3) is 5.39. The van der Waals surface area contributed by atoms with Crippen LogP contribution < -0.4 is 10.1 Å². The zero-order valence-electron chi connectivity index (χ0n) is 19.7. The molecule has 6 nitrogen and oxygen atoms in total. The van der Waals surface area contributed by atoms with Crippen LogP contribution in [0.1, 0.15) is 33.8 Å². The van der Waals surface area contributed by atoms with E-state index >= 15 is 0 Å². The Labute approximate surface area is 216 Å². The molecule has 2 N–H and O–H groups in total. The second kappa shape index (κ2) is 10.9. The van der Waals surface area contributed by atoms with Crippen molar-refractivity contribution >= 4 is 38.7 Å². The predicted octanol–water partition coefficient (Wildman–Crippen LogP) is 6.11. The fourth-order valence-corrected chi connectivity index (χ4v) is 4.69. The zero-order valence-corrected chi connectivity index (χ0v) is 21.3. The van der Waals surface area contributed by atoms with E-state index in [0.29, 0.717) is 39.0 Å². The van der Waals surface area contributed by atoms with E-state index in [4.69, 9.17) is 9.72 Å². The molecule has 4 rings (SSSR count). The minimum atomic E-state index is -1.07. The van der Waals surface area contributed by atoms with Gasteiger partial charge in [0.05, 0.1) is 30.3 Å². The lowest BCUT2D eigenvalue weighted by Gasteiger charge is -2.20. The number of carbonyl (C=O) groups excluding carboxylic acids is 1. The summed E-state index contributed by atoms with van der Waals surface area (Å²) in [6, 6.07) is 19.1. The maximum Gasteiger partial charge on any atom is 0.304 e. The van der Waals surface area contributed by atoms with Crippen molar-refractivity contribution in [2.75, 3.05) is 13.7 Å². The Bertz CT molecular complexity index is 1440. The molecule has 8 heteroatoms. The molecule has 0 aliphatic carbocycles. The van der Waals surface area contributed by atoms with Crippen LogP contribution in [0.3, 0.4) is 0 Å². The van der Waals surface area contributed by atoms with Gasteiger partial charge in [-0.15, -0.1) is 0 Å². The molecule has 0 aliphatic rings. The third-order valence-electron chi connectivity index (χ3n) is 6.03. The van der Waals surface area contributed by atoms with Crippen LogP contribution in [0, 0.1) is 12.7 Å². The molecule has 4 aromatic rings. The normalized spacial score (nSPS) is 11.8. The molecule has 0 saturated heterocycles. The summed E-state index contributed by atoms with van der Waals surface area (Å²) in [5, 5.41) is 13.0. The number of aliphatic carboxylic acids is 1. The van der Waals surface area contributed by atoms with Gasteiger partial charge in [0, 0.05) is 33.4 Å². The average molecular weight is 551 g/mol. The Kier molecular flexibility index (Phi) is 7.64. The Hall–Kier alpha value is -3.78. The largest absolute Gasteiger partial charge is 0.496 e. The summed E-state index contributed by atoms with van der Waals surface area (Å²) in [6.07, 6.45) is -0.309. The molecular formula is C28H24BrFN2O4. The van der Waals surface area contributed by atoms with Crippen LogP contribution >= 0.6 is 15.9 Å². The molecular weight excluding hydrogens is 527 g/mol. The molecule has 1 amide bonds. The van der Waals surface area contributed by atoms with Gasteiger partial charge in [0.15, 0.2) is 0 Å². The van der Waals surface area contributed by atoms with Crippen LogP contribution in [0.2, 0.25) is 0 Å². The molecule has 184 valence electrons. The number of benzene rings is 3. The number of halogens is 2. The highest BCUT2D eigenvalue weighted by molar-refractivity contribution is 9.10. The van der Waals surface area contributed by atoms with Crippen molar-refractivity contribution in [2.24, 2.45) is 0 Å². The van der Waals surface area contributed by atoms with Gasteiger partial charge in [-0.25, -0.2) is 9.37 Å². The summed E-state index contributed by atoms with van der Waals surface area (Å²) in [5.74, 6) is -2.30. The third-order valence-corrected chi connectivity index (χ3v) is 6.52. The summed E-state index contributed by atoms with van der Waals surface area (Å²) in [7, 11) is 1.43. The van der Waals surface area contributed by atoms with Gasteiger partial charge in [-0.3, -0.25) is 9.59 Å². The number of pyridine rings is 1. The smallest absolute Gasteiger partial charge is 0.304 e. The second-order valence-electron chi connectivity index (χ2n) is 8.38. The van der Waals surface area contributed by atoms with E-state index in [-0.39, 0.29) is 18.9 Å². The number of amides is 1. The van der Waals surface area contributed by atoms with E-state index in [1.807, 2.05) is 55.5 Å². The van der Waals surface area contributed by atoms with Gasteiger partial charge in [0.2, 0.25) is 0 Å². The Morgan fingerprint density at radius 1 is 1.11 bits per heavy atom. The first-order chi connectivity index (χ1) is 17.3. The van der Waals surface area contributed by atoms with Gasteiger partial charge in [-0.1, -0.05) is 46.3 Å². The van der Waals surface area contributed by atoms with E-state index < -0.39 is 17.7 Å². The predicted molar refractivity (Wildman–Crippen MR) is 140 cm³/mol. The summed E-state index contributed by atoms with van der Waals surface area (Å²) in [4.78, 5) is 30.0. The lowest BCUT2D eigenvalue weighted by atomic mass is 9.93. The molecule has 36 heavy (non-hydrogen) atoms. The van der Waals surface area contributed by atoms with Crippen molar-refractivity contribution < 1.29 is 23.8 Å². The van der Waals surface area contributed by atoms with Gasteiger partial charge in [0.1, 0.15) is 11.6 Å². The van der Waals surface area contributed by atoms with E-state index in [1.165, 1.54) is 25.3 Å². The number of rotatable bonds is 8. The number of carbonyl (C=O) groups is 2. The highest BCUT2D eigenvalue weighted by Crippen LogP contribution is 2.32. The molecule has 0 radical (unpaired) electrons. The second-order valence-corrected chi connectivity index (χ2v) is 9.29. The monoisotopic (exact) mass is 550 g/mol. The number of ether oxygens (including phenoxy) is 1. The number of fused-ring (bicyclic) bond motifs is 1. The number of carboxylic acid groups (broad SMARTS) is 1. The Morgan fingerprint density at radius 2 is 1.86 bits per heavy atom. The van der Waals surface area contributed by atoms with Crippen LogP contribution in [0.15, 0.2) is 71.2 Å². The van der Waals surface area contributed by atoms with Crippen LogP contribution in [-0.4, -0.2) is 35.6 Å². The minimum Gasteiger partial charge on any atom is -0.496 e. The highest BCUT2D eigenvalue weighted by Gasteiger charge is 2.24. The highest BCUT2D eigenvalue weighted by atomic mass is 79.9. The molecule has 3 aromatic carbocycles. The van der Waals surface area contributed by atoms with Crippen molar-refractivity contribution in [3.8, 4) is 17.0 Å². The molecule has 1 aromatic heterocycles. The maximum atomic E-state index is 14.0. The quantitative estimate of drug-likeness (QED) is 0.276. The van der Waals surface area contributed by atoms with Crippen LogP contribution in [0.5, 0.6) is 5.75 Å². The molecule has 0 bridgehead atoms. The number of hydrogen-bond acceptors (Lipinski definition) is 4. The van der Waals surface area contributed by atoms with Crippen molar-refractivity contribution in [1.29, 1.82) is 0 Å². The summed E-state index contributed by atoms with van der Waals surface area (Å²) >= 11 is 3.47. The fraction of sp³-hybridized carbons (Fsp3) is 0.179. The summed E-state index contributed by atoms with van der Waals surface area (Å²) in [6.45, 7) is 1.82. The molecule has 0 spiro atoms. The first kappa shape index (κ1) is 25.3. The van der Waals surface area contributed by atoms with Crippen molar-refractivity contribution in [1.82, 2.24) is 10.3 Å². The molecule has 1 atom stereocenters. The number of methoxy groups -OCH3 is 1. The number of carboxylic acids is 1. The van der Waals surface area contributed by atoms with E-state index in [9.17, 15) is 19.1 Å². The van der Waals surface area contributed by atoms with Gasteiger partial charge in [-0.05, 0) is 48.9 Å². The maximum absolute atomic E-state index is 14.0. The molecule has 0 saturated carbocycles. The number of nitrogens with zero attached hydrogens (tertiary/aromatic N) is 1. The fourth-order valence-electron chi connectivity index (χ4n) is 4.33. The van der Waals surface area contributed by atoms with Gasteiger partial charge >= 0.3 is 5.97 Å². The first-order valence-electron chi connectivity index (χ1n) is 11.3. The zero-order chi connectivity index (χ0) is 25.8. The standard InChI is InChI=1S/C28H24BrFN2O4/c1-16-26(22-13-19(29)8-10-23(22)32-27(16)17-6-4-3-5-7-17)28(35)31-15-18(12-25(33)34)21-14-20(30)9-11-24(21)36-2/h3-11,13-14,18H,12,15H2,1-2H3,(H,31,35)(H,33,34)/t18-/m1/s1. The number of hydrogen-bond donors (Lipinski definition) is 2. The van der Waals surface area contributed by atoms with E-state index in [2.05, 4.69) is 21.2 Å². The van der Waals surface area contributed by atoms with Gasteiger partial charge < -0.3 is 15.2 Å². The minimum absolute atomic E-state index is 0.0249. The van der Waals surface area contributed by atoms with Gasteiger partial charge in [-0.2, -0.15) is 0 Å². The van der Waals surface area contributed by atoms with Crippen molar-refractivity contribution in [3.63, 3.8) is 0 Å². The van der Waals surface area contributed by atoms with E-state index in [0.717, 1.165) is 10.0 Å². The Morgan fingerprint density at radius 3 is 2.56 bits per heavy atom. The van der Waals surface area contributed by atoms with Crippen LogP contribution in [0.25, 0.3) is 22.2 Å². The topological polar surface area (TPSA) is 88.5 Å². The lowest BCUT2D eigenvalue weighted by Crippen LogP contribution is -2.30. The van der Waals surface area contributed by atoms with Crippen LogP contribution in [0.4, 0.5) is 4.39 Å². The average Bonchev–Trinajstić information content (AvgIpc) is 2.86. The lowest BCUT2D eigenvalue weighted by molar-refractivity contribution is -0.137.